The van der Waals surface area contributed by atoms with E-state index in [4.69, 9.17) is 10.6 Å². The van der Waals surface area contributed by atoms with E-state index in [0.717, 1.165) is 30.7 Å². The molecular weight excluding hydrogens is 522 g/mol. The smallest absolute Gasteiger partial charge is 0.352 e. The predicted octanol–water partition coefficient (Wildman–Crippen LogP) is -0.419. The van der Waals surface area contributed by atoms with Crippen LogP contribution in [0.25, 0.3) is 0 Å². The van der Waals surface area contributed by atoms with E-state index in [1.54, 1.807) is 12.2 Å². The second-order valence-electron chi connectivity index (χ2n) is 8.52. The second kappa shape index (κ2) is 11.3. The van der Waals surface area contributed by atoms with Gasteiger partial charge in [0.05, 0.1) is 6.04 Å². The molecular formula is C22H27N7O6S2. The van der Waals surface area contributed by atoms with Crippen molar-refractivity contribution in [2.45, 2.75) is 30.3 Å². The number of hydrogen-bond acceptors (Lipinski definition) is 11. The van der Waals surface area contributed by atoms with E-state index >= 15 is 0 Å². The number of hydrogen-bond donors (Lipinski definition) is 4. The number of fused-ring (bicyclic) bond motifs is 1. The van der Waals surface area contributed by atoms with Crippen LogP contribution in [0.1, 0.15) is 18.5 Å². The molecule has 3 atom stereocenters. The number of aliphatic carboxylic acids is 1. The van der Waals surface area contributed by atoms with Gasteiger partial charge >= 0.3 is 5.97 Å². The van der Waals surface area contributed by atoms with Crippen LogP contribution in [0.3, 0.4) is 0 Å². The molecule has 3 aliphatic heterocycles. The molecule has 0 radical (unpaired) electrons. The van der Waals surface area contributed by atoms with Gasteiger partial charge in [-0.2, -0.15) is 0 Å². The molecule has 4 rings (SSSR count). The zero-order chi connectivity index (χ0) is 26.7. The number of oxime groups is 1. The topological polar surface area (TPSA) is 180 Å². The molecule has 2 saturated heterocycles. The maximum atomic E-state index is 12.9. The first-order chi connectivity index (χ1) is 17.7. The summed E-state index contributed by atoms with van der Waals surface area (Å²) in [5.41, 5.74) is 5.99. The van der Waals surface area contributed by atoms with Gasteiger partial charge in [0, 0.05) is 17.7 Å². The lowest BCUT2D eigenvalue weighted by atomic mass is 10.0. The van der Waals surface area contributed by atoms with E-state index in [2.05, 4.69) is 20.8 Å². The minimum atomic E-state index is -1.25. The van der Waals surface area contributed by atoms with Crippen molar-refractivity contribution in [3.63, 3.8) is 0 Å². The number of thiazole rings is 1. The van der Waals surface area contributed by atoms with Crippen LogP contribution in [0.5, 0.6) is 0 Å². The van der Waals surface area contributed by atoms with Crippen molar-refractivity contribution in [3.05, 3.63) is 34.5 Å². The molecule has 0 spiro atoms. The Bertz CT molecular complexity index is 1200. The van der Waals surface area contributed by atoms with Gasteiger partial charge in [-0.15, -0.1) is 23.1 Å². The highest BCUT2D eigenvalue weighted by atomic mass is 32.2. The number of carboxylic acids is 1. The lowest BCUT2D eigenvalue weighted by molar-refractivity contribution is -0.150. The van der Waals surface area contributed by atoms with Crippen LogP contribution in [0, 0.1) is 0 Å². The largest absolute Gasteiger partial charge is 0.477 e. The Morgan fingerprint density at radius 2 is 2.19 bits per heavy atom. The fourth-order valence-electron chi connectivity index (χ4n) is 4.39. The Labute approximate surface area is 220 Å². The molecule has 198 valence electrons. The first-order valence-electron chi connectivity index (χ1n) is 11.4. The number of thioether (sulfide) groups is 1. The first kappa shape index (κ1) is 26.6. The number of amides is 3. The number of likely N-dealkylation sites (N-methyl/N-ethyl adjacent to an activating group) is 1. The molecule has 4 heterocycles. The third-order valence-electron chi connectivity index (χ3n) is 6.19. The van der Waals surface area contributed by atoms with Gasteiger partial charge in [-0.1, -0.05) is 17.3 Å². The maximum absolute atomic E-state index is 12.9. The van der Waals surface area contributed by atoms with Crippen molar-refractivity contribution in [2.75, 3.05) is 38.7 Å². The molecule has 15 heteroatoms. The monoisotopic (exact) mass is 549 g/mol. The number of rotatable bonds is 9. The number of anilines is 1. The summed E-state index contributed by atoms with van der Waals surface area (Å²) in [7, 11) is 3.18. The van der Waals surface area contributed by atoms with Crippen LogP contribution >= 0.6 is 23.1 Å². The third-order valence-corrected chi connectivity index (χ3v) is 8.16. The summed E-state index contributed by atoms with van der Waals surface area (Å²) in [6.45, 7) is 1.12. The number of carbonyl (C=O) groups is 4. The number of likely N-dealkylation sites (tertiary alicyclic amines) is 1. The van der Waals surface area contributed by atoms with Crippen LogP contribution < -0.4 is 16.4 Å². The van der Waals surface area contributed by atoms with E-state index in [9.17, 15) is 24.3 Å². The number of aromatic nitrogens is 1. The lowest BCUT2D eigenvalue weighted by Gasteiger charge is -2.49. The Kier molecular flexibility index (Phi) is 8.14. The van der Waals surface area contributed by atoms with Crippen LogP contribution in [0.2, 0.25) is 0 Å². The molecule has 37 heavy (non-hydrogen) atoms. The van der Waals surface area contributed by atoms with E-state index < -0.39 is 29.2 Å². The molecule has 0 bridgehead atoms. The van der Waals surface area contributed by atoms with Crippen LogP contribution in [0.4, 0.5) is 5.13 Å². The fourth-order valence-corrected chi connectivity index (χ4v) is 6.26. The number of nitrogens with one attached hydrogen (secondary N) is 2. The van der Waals surface area contributed by atoms with Crippen molar-refractivity contribution in [3.8, 4) is 0 Å². The molecule has 5 N–H and O–H groups in total. The van der Waals surface area contributed by atoms with Gasteiger partial charge in [-0.05, 0) is 32.0 Å². The van der Waals surface area contributed by atoms with Crippen LogP contribution in [-0.2, 0) is 24.0 Å². The zero-order valence-electron chi connectivity index (χ0n) is 20.2. The molecule has 1 aromatic rings. The third kappa shape index (κ3) is 5.47. The molecule has 3 amide bonds. The average molecular weight is 550 g/mol. The van der Waals surface area contributed by atoms with Gasteiger partial charge in [-0.25, -0.2) is 9.78 Å². The quantitative estimate of drug-likeness (QED) is 0.180. The summed E-state index contributed by atoms with van der Waals surface area (Å²) in [5.74, 6) is -2.26. The molecule has 1 aromatic heterocycles. The summed E-state index contributed by atoms with van der Waals surface area (Å²) in [6.07, 6.45) is 5.07. The lowest BCUT2D eigenvalue weighted by Crippen LogP contribution is -2.71. The molecule has 0 saturated carbocycles. The first-order valence-corrected chi connectivity index (χ1v) is 13.3. The normalized spacial score (nSPS) is 24.2. The van der Waals surface area contributed by atoms with Crippen LogP contribution in [-0.4, -0.2) is 99.8 Å². The average Bonchev–Trinajstić information content (AvgIpc) is 3.50. The summed E-state index contributed by atoms with van der Waals surface area (Å²) >= 11 is 2.45. The summed E-state index contributed by atoms with van der Waals surface area (Å²) < 4.78 is 0. The summed E-state index contributed by atoms with van der Waals surface area (Å²) in [6, 6.07) is -1.10. The Morgan fingerprint density at radius 3 is 2.81 bits per heavy atom. The van der Waals surface area contributed by atoms with E-state index in [0.29, 0.717) is 11.3 Å². The van der Waals surface area contributed by atoms with E-state index in [-0.39, 0.29) is 40.7 Å². The Balaban J connectivity index is 1.41. The molecule has 0 aromatic carbocycles. The number of allylic oxidation sites excluding steroid dienone is 1. The number of nitrogens with zero attached hydrogens (tertiary/aromatic N) is 4. The molecule has 3 aliphatic rings. The van der Waals surface area contributed by atoms with Gasteiger partial charge < -0.3 is 26.3 Å². The molecule has 0 aliphatic carbocycles. The van der Waals surface area contributed by atoms with Crippen molar-refractivity contribution in [1.82, 2.24) is 25.4 Å². The molecule has 2 fully saturated rings. The van der Waals surface area contributed by atoms with Gasteiger partial charge in [0.1, 0.15) is 29.9 Å². The number of nitrogen functional groups attached to an aromatic ring is 1. The second-order valence-corrected chi connectivity index (χ2v) is 10.5. The maximum Gasteiger partial charge on any atom is 0.352 e. The molecule has 1 unspecified atom stereocenters. The Morgan fingerprint density at radius 1 is 1.41 bits per heavy atom. The van der Waals surface area contributed by atoms with Gasteiger partial charge in [0.25, 0.3) is 11.8 Å². The SMILES string of the molecule is CO/N=C(\C(=O)N[C@@H]1C(=O)N2C(C(=O)O)=C(/C=C/CNC(=O)C3CCCN3C)CS[C@H]12)c1csc(N)n1. The molecule has 13 nitrogen and oxygen atoms in total. The number of carboxylic acid groups (broad SMARTS) is 1. The van der Waals surface area contributed by atoms with Gasteiger partial charge in [0.15, 0.2) is 10.8 Å². The predicted molar refractivity (Wildman–Crippen MR) is 138 cm³/mol. The standard InChI is InChI=1S/C22H27N7O6S2/c1-28-8-4-6-13(28)17(30)24-7-3-5-11-9-36-20-15(19(32)29(20)16(11)21(33)34)26-18(31)14(27-35-2)12-10-37-22(23)25-12/h3,5,10,13,15,20H,4,6-9H2,1-2H3,(H2,23,25)(H,24,30)(H,26,31)(H,33,34)/b5-3+,27-14-/t13?,15-,20-/m1/s1. The van der Waals surface area contributed by atoms with Gasteiger partial charge in [-0.3, -0.25) is 24.2 Å². The number of nitrogens with two attached hydrogens (primary N) is 1. The van der Waals surface area contributed by atoms with Crippen molar-refractivity contribution in [2.24, 2.45) is 5.16 Å². The summed E-state index contributed by atoms with van der Waals surface area (Å²) in [4.78, 5) is 62.1. The van der Waals surface area contributed by atoms with Crippen molar-refractivity contribution in [1.29, 1.82) is 0 Å². The van der Waals surface area contributed by atoms with Crippen LogP contribution in [0.15, 0.2) is 34.0 Å². The Hall–Kier alpha value is -3.43. The van der Waals surface area contributed by atoms with E-state index in [1.165, 1.54) is 29.2 Å². The summed E-state index contributed by atoms with van der Waals surface area (Å²) in [5, 5.41) is 20.2. The number of β-lactam (4-membered cyclic amide) rings is 1. The van der Waals surface area contributed by atoms with Crippen molar-refractivity contribution < 1.29 is 29.1 Å². The highest BCUT2D eigenvalue weighted by Crippen LogP contribution is 2.40. The number of carbonyl (C=O) groups excluding carboxylic acids is 3. The highest BCUT2D eigenvalue weighted by Gasteiger charge is 2.54. The minimum Gasteiger partial charge on any atom is -0.477 e. The fraction of sp³-hybridized carbons (Fsp3) is 0.455. The highest BCUT2D eigenvalue weighted by molar-refractivity contribution is 8.00. The van der Waals surface area contributed by atoms with Gasteiger partial charge in [0.2, 0.25) is 5.91 Å². The van der Waals surface area contributed by atoms with E-state index in [1.807, 2.05) is 11.9 Å². The zero-order valence-corrected chi connectivity index (χ0v) is 21.8. The minimum absolute atomic E-state index is 0.0663. The van der Waals surface area contributed by atoms with Crippen molar-refractivity contribution >= 4 is 57.6 Å².